The van der Waals surface area contributed by atoms with Gasteiger partial charge in [0.2, 0.25) is 0 Å². The molecule has 0 saturated carbocycles. The molecule has 1 aliphatic heterocycles. The third kappa shape index (κ3) is 2.90. The van der Waals surface area contributed by atoms with Crippen molar-refractivity contribution in [1.82, 2.24) is 5.32 Å². The Labute approximate surface area is 112 Å². The van der Waals surface area contributed by atoms with Crippen LogP contribution in [-0.2, 0) is 4.74 Å². The lowest BCUT2D eigenvalue weighted by molar-refractivity contribution is -0.0374. The molecule has 1 N–H and O–H groups in total. The third-order valence-electron chi connectivity index (χ3n) is 3.80. The monoisotopic (exact) mass is 297 g/mol. The van der Waals surface area contributed by atoms with Gasteiger partial charge < -0.3 is 10.1 Å². The first kappa shape index (κ1) is 13.1. The lowest BCUT2D eigenvalue weighted by atomic mass is 9.91. The Morgan fingerprint density at radius 3 is 2.71 bits per heavy atom. The van der Waals surface area contributed by atoms with E-state index >= 15 is 0 Å². The Kier molecular flexibility index (Phi) is 4.23. The number of halogens is 1. The molecular formula is C14H20BrNO. The highest BCUT2D eigenvalue weighted by Crippen LogP contribution is 2.28. The minimum atomic E-state index is 0.179. The van der Waals surface area contributed by atoms with E-state index in [-0.39, 0.29) is 11.6 Å². The smallest absolute Gasteiger partial charge is 0.0950 e. The van der Waals surface area contributed by atoms with Crippen molar-refractivity contribution < 1.29 is 4.74 Å². The van der Waals surface area contributed by atoms with E-state index in [4.69, 9.17) is 4.74 Å². The van der Waals surface area contributed by atoms with E-state index in [1.54, 1.807) is 0 Å². The van der Waals surface area contributed by atoms with Crippen molar-refractivity contribution in [3.8, 4) is 0 Å². The molecule has 2 rings (SSSR count). The van der Waals surface area contributed by atoms with Gasteiger partial charge in [-0.15, -0.1) is 0 Å². The van der Waals surface area contributed by atoms with Crippen molar-refractivity contribution >= 4 is 15.9 Å². The molecule has 2 nitrogen and oxygen atoms in total. The third-order valence-corrected chi connectivity index (χ3v) is 4.29. The molecule has 1 heterocycles. The van der Waals surface area contributed by atoms with Crippen molar-refractivity contribution in [2.24, 2.45) is 0 Å². The van der Waals surface area contributed by atoms with Crippen LogP contribution in [0.5, 0.6) is 0 Å². The Bertz CT molecular complexity index is 366. The van der Waals surface area contributed by atoms with Gasteiger partial charge in [0, 0.05) is 16.6 Å². The number of rotatable bonds is 3. The highest BCUT2D eigenvalue weighted by Gasteiger charge is 2.32. The van der Waals surface area contributed by atoms with Crippen molar-refractivity contribution in [2.75, 3.05) is 13.2 Å². The molecule has 1 unspecified atom stereocenters. The first-order valence-electron chi connectivity index (χ1n) is 6.31. The first-order valence-corrected chi connectivity index (χ1v) is 7.10. The molecule has 0 amide bonds. The van der Waals surface area contributed by atoms with Gasteiger partial charge in [-0.3, -0.25) is 0 Å². The van der Waals surface area contributed by atoms with Gasteiger partial charge in [-0.25, -0.2) is 0 Å². The summed E-state index contributed by atoms with van der Waals surface area (Å²) in [6.07, 6.45) is 2.42. The first-order chi connectivity index (χ1) is 8.19. The van der Waals surface area contributed by atoms with E-state index in [1.807, 2.05) is 6.07 Å². The molecule has 0 spiro atoms. The number of hydrogen-bond acceptors (Lipinski definition) is 2. The molecular weight excluding hydrogens is 278 g/mol. The summed E-state index contributed by atoms with van der Waals surface area (Å²) in [6.45, 7) is 6.15. The van der Waals surface area contributed by atoms with Crippen LogP contribution >= 0.6 is 15.9 Å². The molecule has 1 aromatic carbocycles. The van der Waals surface area contributed by atoms with E-state index in [9.17, 15) is 0 Å². The zero-order valence-electron chi connectivity index (χ0n) is 10.5. The minimum Gasteiger partial charge on any atom is -0.370 e. The molecule has 94 valence electrons. The van der Waals surface area contributed by atoms with Gasteiger partial charge in [0.1, 0.15) is 0 Å². The summed E-state index contributed by atoms with van der Waals surface area (Å²) in [5, 5.41) is 3.66. The fourth-order valence-corrected chi connectivity index (χ4v) is 2.72. The summed E-state index contributed by atoms with van der Waals surface area (Å²) in [7, 11) is 0. The molecule has 0 aromatic heterocycles. The van der Waals surface area contributed by atoms with Crippen molar-refractivity contribution in [3.05, 3.63) is 34.3 Å². The Hall–Kier alpha value is -0.380. The minimum absolute atomic E-state index is 0.179. The highest BCUT2D eigenvalue weighted by molar-refractivity contribution is 9.10. The number of benzene rings is 1. The predicted octanol–water partition coefficient (Wildman–Crippen LogP) is 3.67. The second-order valence-electron chi connectivity index (χ2n) is 4.72. The largest absolute Gasteiger partial charge is 0.370 e. The molecule has 0 aliphatic carbocycles. The maximum atomic E-state index is 6.03. The Morgan fingerprint density at radius 1 is 1.41 bits per heavy atom. The number of ether oxygens (including phenoxy) is 1. The van der Waals surface area contributed by atoms with Crippen LogP contribution in [0.4, 0.5) is 0 Å². The Morgan fingerprint density at radius 2 is 2.18 bits per heavy atom. The van der Waals surface area contributed by atoms with Crippen molar-refractivity contribution in [2.45, 2.75) is 38.3 Å². The lowest BCUT2D eigenvalue weighted by Gasteiger charge is -2.40. The van der Waals surface area contributed by atoms with Crippen molar-refractivity contribution in [3.63, 3.8) is 0 Å². The van der Waals surface area contributed by atoms with Crippen LogP contribution in [0.3, 0.4) is 0 Å². The average molecular weight is 298 g/mol. The topological polar surface area (TPSA) is 21.3 Å². The molecule has 1 aromatic rings. The van der Waals surface area contributed by atoms with Crippen LogP contribution in [0.25, 0.3) is 0 Å². The van der Waals surface area contributed by atoms with Gasteiger partial charge in [-0.2, -0.15) is 0 Å². The number of nitrogens with one attached hydrogen (secondary N) is 1. The van der Waals surface area contributed by atoms with Crippen molar-refractivity contribution in [1.29, 1.82) is 0 Å². The quantitative estimate of drug-likeness (QED) is 0.919. The zero-order valence-corrected chi connectivity index (χ0v) is 12.1. The average Bonchev–Trinajstić information content (AvgIpc) is 2.39. The molecule has 17 heavy (non-hydrogen) atoms. The van der Waals surface area contributed by atoms with Crippen LogP contribution in [0.15, 0.2) is 28.7 Å². The van der Waals surface area contributed by atoms with Crippen LogP contribution < -0.4 is 5.32 Å². The normalized spacial score (nSPS) is 23.6. The molecule has 1 fully saturated rings. The van der Waals surface area contributed by atoms with Gasteiger partial charge >= 0.3 is 0 Å². The SMILES string of the molecule is CCC1(CC)COC(c2cccc(Br)c2)CN1. The van der Waals surface area contributed by atoms with Gasteiger partial charge in [-0.05, 0) is 30.5 Å². The van der Waals surface area contributed by atoms with E-state index in [2.05, 4.69) is 53.3 Å². The summed E-state index contributed by atoms with van der Waals surface area (Å²) >= 11 is 3.50. The lowest BCUT2D eigenvalue weighted by Crippen LogP contribution is -2.54. The van der Waals surface area contributed by atoms with Crippen LogP contribution in [-0.4, -0.2) is 18.7 Å². The zero-order chi connectivity index (χ0) is 12.3. The van der Waals surface area contributed by atoms with E-state index in [0.29, 0.717) is 0 Å². The van der Waals surface area contributed by atoms with E-state index in [1.165, 1.54) is 5.56 Å². The highest BCUT2D eigenvalue weighted by atomic mass is 79.9. The summed E-state index contributed by atoms with van der Waals surface area (Å²) in [6, 6.07) is 8.37. The number of hydrogen-bond donors (Lipinski definition) is 1. The predicted molar refractivity (Wildman–Crippen MR) is 74.2 cm³/mol. The fourth-order valence-electron chi connectivity index (χ4n) is 2.30. The Balaban J connectivity index is 2.04. The standard InChI is InChI=1S/C14H20BrNO/c1-3-14(4-2)10-17-13(9-16-14)11-6-5-7-12(15)8-11/h5-8,13,16H,3-4,9-10H2,1-2H3. The maximum absolute atomic E-state index is 6.03. The van der Waals surface area contributed by atoms with E-state index < -0.39 is 0 Å². The fraction of sp³-hybridized carbons (Fsp3) is 0.571. The van der Waals surface area contributed by atoms with Crippen LogP contribution in [0.1, 0.15) is 38.4 Å². The van der Waals surface area contributed by atoms with Gasteiger partial charge in [0.25, 0.3) is 0 Å². The van der Waals surface area contributed by atoms with Gasteiger partial charge in [-0.1, -0.05) is 41.9 Å². The summed E-state index contributed by atoms with van der Waals surface area (Å²) in [5.41, 5.74) is 1.43. The molecule has 1 aliphatic rings. The molecule has 1 atom stereocenters. The second-order valence-corrected chi connectivity index (χ2v) is 5.64. The molecule has 1 saturated heterocycles. The van der Waals surface area contributed by atoms with Crippen LogP contribution in [0.2, 0.25) is 0 Å². The van der Waals surface area contributed by atoms with E-state index in [0.717, 1.165) is 30.5 Å². The van der Waals surface area contributed by atoms with Gasteiger partial charge in [0.15, 0.2) is 0 Å². The summed E-state index contributed by atoms with van der Waals surface area (Å²) < 4.78 is 7.15. The second kappa shape index (κ2) is 5.51. The molecule has 0 bridgehead atoms. The molecule has 3 heteroatoms. The number of morpholine rings is 1. The van der Waals surface area contributed by atoms with Crippen LogP contribution in [0, 0.1) is 0 Å². The van der Waals surface area contributed by atoms with Gasteiger partial charge in [0.05, 0.1) is 12.7 Å². The summed E-state index contributed by atoms with van der Waals surface area (Å²) in [5.74, 6) is 0. The molecule has 0 radical (unpaired) electrons. The summed E-state index contributed by atoms with van der Waals surface area (Å²) in [4.78, 5) is 0. The maximum Gasteiger partial charge on any atom is 0.0950 e.